The van der Waals surface area contributed by atoms with Gasteiger partial charge in [0.15, 0.2) is 0 Å². The van der Waals surface area contributed by atoms with E-state index in [9.17, 15) is 19.5 Å². The second-order valence-corrected chi connectivity index (χ2v) is 15.2. The summed E-state index contributed by atoms with van der Waals surface area (Å²) in [6, 6.07) is 27.6. The van der Waals surface area contributed by atoms with Crippen molar-refractivity contribution in [1.82, 2.24) is 35.5 Å². The van der Waals surface area contributed by atoms with Crippen molar-refractivity contribution in [3.8, 4) is 11.5 Å². The van der Waals surface area contributed by atoms with Gasteiger partial charge in [0.05, 0.1) is 0 Å². The molecule has 17 nitrogen and oxygen atoms in total. The van der Waals surface area contributed by atoms with Gasteiger partial charge in [-0.1, -0.05) is 24.3 Å². The third-order valence-electron chi connectivity index (χ3n) is 9.31. The lowest BCUT2D eigenvalue weighted by molar-refractivity contribution is 0.0908. The van der Waals surface area contributed by atoms with Crippen LogP contribution in [0.5, 0.6) is 11.5 Å². The highest BCUT2D eigenvalue weighted by Crippen LogP contribution is 2.28. The molecule has 0 aliphatic rings. The number of rotatable bonds is 16. The molecule has 6 aromatic rings. The van der Waals surface area contributed by atoms with E-state index in [4.69, 9.17) is 10.5 Å². The molecule has 4 aromatic carbocycles. The van der Waals surface area contributed by atoms with Crippen LogP contribution in [0.25, 0.3) is 0 Å². The van der Waals surface area contributed by atoms with Crippen molar-refractivity contribution in [1.29, 1.82) is 0 Å². The normalized spacial score (nSPS) is 10.9. The summed E-state index contributed by atoms with van der Waals surface area (Å²) >= 11 is 0. The number of ether oxygens (including phenoxy) is 1. The minimum atomic E-state index is -0.640. The first-order valence-corrected chi connectivity index (χ1v) is 19.8. The predicted molar refractivity (Wildman–Crippen MR) is 240 cm³/mol. The maximum atomic E-state index is 13.6. The Morgan fingerprint density at radius 3 is 1.76 bits per heavy atom. The van der Waals surface area contributed by atoms with Crippen molar-refractivity contribution >= 4 is 64.2 Å². The molecular weight excluding hydrogens is 789 g/mol. The van der Waals surface area contributed by atoms with E-state index in [-0.39, 0.29) is 30.7 Å². The molecule has 0 spiro atoms. The third kappa shape index (κ3) is 12.1. The summed E-state index contributed by atoms with van der Waals surface area (Å²) in [5.74, 6) is 1.49. The van der Waals surface area contributed by atoms with E-state index in [1.807, 2.05) is 40.7 Å². The van der Waals surface area contributed by atoms with Crippen LogP contribution in [0.15, 0.2) is 109 Å². The molecule has 0 fully saturated rings. The number of nitrogens with two attached hydrogens (primary N) is 1. The van der Waals surface area contributed by atoms with Gasteiger partial charge < -0.3 is 52.4 Å². The van der Waals surface area contributed by atoms with Gasteiger partial charge in [-0.2, -0.15) is 9.97 Å². The molecule has 0 aliphatic heterocycles. The Kier molecular flexibility index (Phi) is 14.1. The smallest absolute Gasteiger partial charge is 0.415 e. The maximum absolute atomic E-state index is 13.6. The number of hydrogen-bond acceptors (Lipinski definition) is 14. The average Bonchev–Trinajstić information content (AvgIpc) is 3.24. The number of carbonyl (C=O) groups is 3. The fourth-order valence-corrected chi connectivity index (χ4v) is 6.06. The number of aromatic hydroxyl groups is 1. The lowest BCUT2D eigenvalue weighted by Crippen LogP contribution is -2.50. The molecule has 2 aromatic heterocycles. The number of phenols is 1. The van der Waals surface area contributed by atoms with E-state index >= 15 is 0 Å². The van der Waals surface area contributed by atoms with E-state index < -0.39 is 11.6 Å². The Balaban J connectivity index is 1.04. The van der Waals surface area contributed by atoms with Crippen LogP contribution in [0.3, 0.4) is 0 Å². The fourth-order valence-electron chi connectivity index (χ4n) is 6.06. The zero-order valence-corrected chi connectivity index (χ0v) is 35.1. The van der Waals surface area contributed by atoms with Crippen LogP contribution in [0.4, 0.5) is 51.1 Å². The van der Waals surface area contributed by atoms with Gasteiger partial charge in [-0.25, -0.2) is 14.8 Å². The zero-order chi connectivity index (χ0) is 44.2. The van der Waals surface area contributed by atoms with E-state index in [0.29, 0.717) is 76.2 Å². The number of aryl methyl sites for hydroxylation is 2. The summed E-state index contributed by atoms with van der Waals surface area (Å²) in [5.41, 5.74) is 10.1. The SMILES string of the molecule is Cc1ccc(O)cc1Nc1ccnc(Nc2cccc(C(=O)NCCN(C(=O)Oc3ccc(C)c(Nc4ccnc(Nc5cccc(C(=O)NCCN)c5)n4)c3)C(C)(C)C)c2)n1. The van der Waals surface area contributed by atoms with Gasteiger partial charge in [0.2, 0.25) is 11.9 Å². The molecular formula is C45H50N12O5. The summed E-state index contributed by atoms with van der Waals surface area (Å²) in [7, 11) is 0. The average molecular weight is 839 g/mol. The molecule has 9 N–H and O–H groups in total. The molecule has 3 amide bonds. The van der Waals surface area contributed by atoms with Gasteiger partial charge in [0.25, 0.3) is 11.8 Å². The number of amides is 3. The van der Waals surface area contributed by atoms with Gasteiger partial charge in [0.1, 0.15) is 23.1 Å². The van der Waals surface area contributed by atoms with Gasteiger partial charge in [-0.3, -0.25) is 9.59 Å². The van der Waals surface area contributed by atoms with Crippen LogP contribution in [0.2, 0.25) is 0 Å². The fraction of sp³-hybridized carbons (Fsp3) is 0.222. The number of aromatic nitrogens is 4. The second-order valence-electron chi connectivity index (χ2n) is 15.2. The number of nitrogens with one attached hydrogen (secondary N) is 6. The number of phenolic OH excluding ortho intramolecular Hbond substituents is 1. The molecule has 2 heterocycles. The standard InChI is InChI=1S/C45H50N12O5/c1-28-12-14-34(58)26-36(28)53-38-16-19-49-42(55-38)52-33-11-7-9-31(25-33)41(60)48-22-23-57(45(3,4)5)44(61)62-35-15-13-29(2)37(27-35)54-39-17-20-50-43(56-39)51-32-10-6-8-30(24-32)40(59)47-21-18-46/h6-17,19-20,24-27,58H,18,21-23,46H2,1-5H3,(H,47,59)(H,48,60)(H2,49,52,53,55)(H2,50,51,54,56). The quantitative estimate of drug-likeness (QED) is 0.0479. The highest BCUT2D eigenvalue weighted by atomic mass is 16.6. The Morgan fingerprint density at radius 1 is 0.677 bits per heavy atom. The summed E-state index contributed by atoms with van der Waals surface area (Å²) in [5, 5.41) is 28.3. The predicted octanol–water partition coefficient (Wildman–Crippen LogP) is 7.28. The van der Waals surface area contributed by atoms with E-state index in [1.54, 1.807) is 108 Å². The monoisotopic (exact) mass is 838 g/mol. The van der Waals surface area contributed by atoms with E-state index in [0.717, 1.165) is 11.1 Å². The van der Waals surface area contributed by atoms with Crippen molar-refractivity contribution in [2.24, 2.45) is 5.73 Å². The third-order valence-corrected chi connectivity index (χ3v) is 9.31. The first-order chi connectivity index (χ1) is 29.7. The molecule has 0 radical (unpaired) electrons. The van der Waals surface area contributed by atoms with Gasteiger partial charge in [-0.05, 0) is 106 Å². The van der Waals surface area contributed by atoms with Crippen LogP contribution >= 0.6 is 0 Å². The van der Waals surface area contributed by atoms with E-state index in [1.165, 1.54) is 0 Å². The molecule has 17 heteroatoms. The first-order valence-electron chi connectivity index (χ1n) is 19.8. The zero-order valence-electron chi connectivity index (χ0n) is 35.1. The maximum Gasteiger partial charge on any atom is 0.415 e. The number of nitrogens with zero attached hydrogens (tertiary/aromatic N) is 5. The summed E-state index contributed by atoms with van der Waals surface area (Å²) in [6.07, 6.45) is 2.60. The Morgan fingerprint density at radius 2 is 1.21 bits per heavy atom. The Hall–Kier alpha value is -7.79. The van der Waals surface area contributed by atoms with Crippen molar-refractivity contribution in [2.75, 3.05) is 47.4 Å². The minimum Gasteiger partial charge on any atom is -0.508 e. The van der Waals surface area contributed by atoms with Crippen LogP contribution in [0, 0.1) is 13.8 Å². The van der Waals surface area contributed by atoms with Crippen LogP contribution < -0.4 is 42.4 Å². The second kappa shape index (κ2) is 20.0. The first kappa shape index (κ1) is 43.8. The molecule has 62 heavy (non-hydrogen) atoms. The lowest BCUT2D eigenvalue weighted by Gasteiger charge is -2.34. The van der Waals surface area contributed by atoms with Gasteiger partial charge in [0, 0.05) is 90.1 Å². The number of anilines is 8. The molecule has 320 valence electrons. The van der Waals surface area contributed by atoms with Crippen molar-refractivity contribution in [3.05, 3.63) is 132 Å². The molecule has 0 bridgehead atoms. The summed E-state index contributed by atoms with van der Waals surface area (Å²) < 4.78 is 5.88. The van der Waals surface area contributed by atoms with Crippen molar-refractivity contribution < 1.29 is 24.2 Å². The Bertz CT molecular complexity index is 2540. The van der Waals surface area contributed by atoms with Crippen LogP contribution in [-0.2, 0) is 0 Å². The number of carbonyl (C=O) groups excluding carboxylic acids is 3. The van der Waals surface area contributed by atoms with Crippen LogP contribution in [-0.4, -0.2) is 79.6 Å². The largest absolute Gasteiger partial charge is 0.508 e. The number of benzene rings is 4. The summed E-state index contributed by atoms with van der Waals surface area (Å²) in [4.78, 5) is 58.6. The molecule has 0 saturated carbocycles. The summed E-state index contributed by atoms with van der Waals surface area (Å²) in [6.45, 7) is 10.5. The lowest BCUT2D eigenvalue weighted by atomic mass is 10.1. The topological polar surface area (TPSA) is 234 Å². The van der Waals surface area contributed by atoms with Gasteiger partial charge in [-0.15, -0.1) is 0 Å². The number of hydrogen-bond donors (Lipinski definition) is 8. The highest BCUT2D eigenvalue weighted by molar-refractivity contribution is 5.96. The molecule has 0 saturated heterocycles. The molecule has 6 rings (SSSR count). The molecule has 0 aliphatic carbocycles. The molecule has 0 unspecified atom stereocenters. The van der Waals surface area contributed by atoms with E-state index in [2.05, 4.69) is 51.8 Å². The van der Waals surface area contributed by atoms with Gasteiger partial charge >= 0.3 is 6.09 Å². The minimum absolute atomic E-state index is 0.134. The highest BCUT2D eigenvalue weighted by Gasteiger charge is 2.28. The van der Waals surface area contributed by atoms with Crippen molar-refractivity contribution in [3.63, 3.8) is 0 Å². The van der Waals surface area contributed by atoms with Crippen molar-refractivity contribution in [2.45, 2.75) is 40.2 Å². The van der Waals surface area contributed by atoms with Crippen LogP contribution in [0.1, 0.15) is 52.6 Å². The Labute approximate surface area is 359 Å². The molecule has 0 atom stereocenters.